The highest BCUT2D eigenvalue weighted by Gasteiger charge is 2.26. The second-order valence-corrected chi connectivity index (χ2v) is 4.63. The van der Waals surface area contributed by atoms with E-state index >= 15 is 0 Å². The summed E-state index contributed by atoms with van der Waals surface area (Å²) < 4.78 is 0. The summed E-state index contributed by atoms with van der Waals surface area (Å²) in [4.78, 5) is 34.5. The van der Waals surface area contributed by atoms with Gasteiger partial charge in [-0.1, -0.05) is 13.8 Å². The van der Waals surface area contributed by atoms with Gasteiger partial charge in [0.2, 0.25) is 5.91 Å². The van der Waals surface area contributed by atoms with Gasteiger partial charge < -0.3 is 10.6 Å². The van der Waals surface area contributed by atoms with Gasteiger partial charge in [-0.15, -0.1) is 0 Å². The van der Waals surface area contributed by atoms with Crippen molar-refractivity contribution < 1.29 is 14.4 Å². The maximum Gasteiger partial charge on any atom is 0.259 e. The van der Waals surface area contributed by atoms with Crippen LogP contribution in [0, 0.1) is 0 Å². The van der Waals surface area contributed by atoms with Crippen LogP contribution < -0.4 is 16.0 Å². The van der Waals surface area contributed by atoms with Crippen LogP contribution in [-0.2, 0) is 4.79 Å². The fourth-order valence-electron chi connectivity index (χ4n) is 1.75. The number of anilines is 1. The number of benzene rings is 1. The van der Waals surface area contributed by atoms with E-state index in [0.717, 1.165) is 0 Å². The van der Waals surface area contributed by atoms with Crippen LogP contribution >= 0.6 is 0 Å². The van der Waals surface area contributed by atoms with Gasteiger partial charge in [0.25, 0.3) is 11.8 Å². The normalized spacial score (nSPS) is 13.4. The Morgan fingerprint density at radius 3 is 2.58 bits per heavy atom. The van der Waals surface area contributed by atoms with E-state index in [0.29, 0.717) is 16.8 Å². The molecule has 6 nitrogen and oxygen atoms in total. The molecule has 1 aliphatic rings. The Kier molecular flexibility index (Phi) is 3.62. The Morgan fingerprint density at radius 1 is 1.21 bits per heavy atom. The molecule has 0 aliphatic carbocycles. The Morgan fingerprint density at radius 2 is 1.89 bits per heavy atom. The van der Waals surface area contributed by atoms with Crippen molar-refractivity contribution in [2.75, 3.05) is 11.9 Å². The molecule has 0 unspecified atom stereocenters. The average molecular weight is 261 g/mol. The van der Waals surface area contributed by atoms with Crippen LogP contribution in [0.25, 0.3) is 0 Å². The van der Waals surface area contributed by atoms with Gasteiger partial charge in [0.15, 0.2) is 0 Å². The van der Waals surface area contributed by atoms with E-state index in [2.05, 4.69) is 16.0 Å². The van der Waals surface area contributed by atoms with Gasteiger partial charge >= 0.3 is 0 Å². The monoisotopic (exact) mass is 261 g/mol. The Bertz CT molecular complexity index is 552. The van der Waals surface area contributed by atoms with Crippen molar-refractivity contribution in [2.24, 2.45) is 0 Å². The van der Waals surface area contributed by atoms with E-state index in [1.54, 1.807) is 6.07 Å². The van der Waals surface area contributed by atoms with Crippen LogP contribution in [0.15, 0.2) is 18.2 Å². The second-order valence-electron chi connectivity index (χ2n) is 4.63. The zero-order chi connectivity index (χ0) is 14.0. The van der Waals surface area contributed by atoms with Crippen LogP contribution in [0.2, 0.25) is 0 Å². The van der Waals surface area contributed by atoms with Crippen molar-refractivity contribution in [2.45, 2.75) is 19.9 Å². The minimum Gasteiger partial charge on any atom is -0.325 e. The lowest BCUT2D eigenvalue weighted by atomic mass is 10.1. The van der Waals surface area contributed by atoms with Crippen LogP contribution in [-0.4, -0.2) is 30.3 Å². The van der Waals surface area contributed by atoms with E-state index < -0.39 is 11.8 Å². The first-order chi connectivity index (χ1) is 8.97. The maximum absolute atomic E-state index is 11.6. The van der Waals surface area contributed by atoms with Crippen molar-refractivity contribution in [1.29, 1.82) is 0 Å². The van der Waals surface area contributed by atoms with Crippen molar-refractivity contribution in [3.8, 4) is 0 Å². The molecule has 0 bridgehead atoms. The third-order valence-corrected chi connectivity index (χ3v) is 2.69. The number of carbonyl (C=O) groups is 3. The molecule has 19 heavy (non-hydrogen) atoms. The highest BCUT2D eigenvalue weighted by Crippen LogP contribution is 2.20. The van der Waals surface area contributed by atoms with Gasteiger partial charge in [-0.3, -0.25) is 19.7 Å². The number of nitrogens with one attached hydrogen (secondary N) is 3. The summed E-state index contributed by atoms with van der Waals surface area (Å²) in [5.41, 5.74) is 1.13. The van der Waals surface area contributed by atoms with E-state index in [9.17, 15) is 14.4 Å². The highest BCUT2D eigenvalue weighted by molar-refractivity contribution is 6.22. The molecule has 0 aromatic heterocycles. The summed E-state index contributed by atoms with van der Waals surface area (Å²) in [6.45, 7) is 4.08. The third kappa shape index (κ3) is 2.97. The zero-order valence-electron chi connectivity index (χ0n) is 10.7. The van der Waals surface area contributed by atoms with Crippen molar-refractivity contribution >= 4 is 23.4 Å². The van der Waals surface area contributed by atoms with E-state index in [1.807, 2.05) is 13.8 Å². The molecule has 0 fully saturated rings. The third-order valence-electron chi connectivity index (χ3n) is 2.69. The van der Waals surface area contributed by atoms with Gasteiger partial charge in [0, 0.05) is 11.7 Å². The Balaban J connectivity index is 2.07. The lowest BCUT2D eigenvalue weighted by Gasteiger charge is -2.09. The van der Waals surface area contributed by atoms with Gasteiger partial charge in [0.05, 0.1) is 17.7 Å². The molecule has 1 aliphatic heterocycles. The molecule has 1 aromatic carbocycles. The number of hydrogen-bond acceptors (Lipinski definition) is 4. The Labute approximate surface area is 110 Å². The van der Waals surface area contributed by atoms with Crippen LogP contribution in [0.3, 0.4) is 0 Å². The fourth-order valence-corrected chi connectivity index (χ4v) is 1.75. The number of fused-ring (bicyclic) bond motifs is 1. The molecule has 100 valence electrons. The van der Waals surface area contributed by atoms with E-state index in [1.165, 1.54) is 12.1 Å². The molecule has 3 amide bonds. The summed E-state index contributed by atoms with van der Waals surface area (Å²) in [6, 6.07) is 4.85. The molecule has 1 aromatic rings. The Hall–Kier alpha value is -2.21. The quantitative estimate of drug-likeness (QED) is 0.689. The molecule has 0 saturated heterocycles. The van der Waals surface area contributed by atoms with Crippen molar-refractivity contribution in [3.63, 3.8) is 0 Å². The first-order valence-corrected chi connectivity index (χ1v) is 6.00. The SMILES string of the molecule is CC(C)NCC(=O)Nc1ccc2c(c1)C(=O)NC2=O. The average Bonchev–Trinajstić information content (AvgIpc) is 2.62. The zero-order valence-corrected chi connectivity index (χ0v) is 10.7. The standard InChI is InChI=1S/C13H15N3O3/c1-7(2)14-6-11(17)15-8-3-4-9-10(5-8)13(19)16-12(9)18/h3-5,7,14H,6H2,1-2H3,(H,15,17)(H,16,18,19). The maximum atomic E-state index is 11.6. The summed E-state index contributed by atoms with van der Waals surface area (Å²) >= 11 is 0. The number of rotatable bonds is 4. The van der Waals surface area contributed by atoms with Crippen molar-refractivity contribution in [3.05, 3.63) is 29.3 Å². The van der Waals surface area contributed by atoms with Gasteiger partial charge in [-0.05, 0) is 18.2 Å². The van der Waals surface area contributed by atoms with Gasteiger partial charge in [0.1, 0.15) is 0 Å². The molecule has 0 radical (unpaired) electrons. The van der Waals surface area contributed by atoms with Crippen LogP contribution in [0.5, 0.6) is 0 Å². The predicted molar refractivity (Wildman–Crippen MR) is 70.0 cm³/mol. The van der Waals surface area contributed by atoms with Crippen molar-refractivity contribution in [1.82, 2.24) is 10.6 Å². The first kappa shape index (κ1) is 13.2. The number of carbonyl (C=O) groups excluding carboxylic acids is 3. The molecule has 3 N–H and O–H groups in total. The summed E-state index contributed by atoms with van der Waals surface area (Å²) in [5.74, 6) is -1.03. The van der Waals surface area contributed by atoms with E-state index in [-0.39, 0.29) is 18.5 Å². The summed E-state index contributed by atoms with van der Waals surface area (Å²) in [6.07, 6.45) is 0. The molecule has 2 rings (SSSR count). The number of hydrogen-bond donors (Lipinski definition) is 3. The first-order valence-electron chi connectivity index (χ1n) is 6.00. The number of imide groups is 1. The van der Waals surface area contributed by atoms with Crippen LogP contribution in [0.1, 0.15) is 34.6 Å². The lowest BCUT2D eigenvalue weighted by Crippen LogP contribution is -2.32. The molecule has 1 heterocycles. The molecule has 0 spiro atoms. The highest BCUT2D eigenvalue weighted by atomic mass is 16.2. The molecule has 0 atom stereocenters. The second kappa shape index (κ2) is 5.19. The van der Waals surface area contributed by atoms with Gasteiger partial charge in [-0.2, -0.15) is 0 Å². The molecular weight excluding hydrogens is 246 g/mol. The minimum absolute atomic E-state index is 0.194. The fraction of sp³-hybridized carbons (Fsp3) is 0.308. The van der Waals surface area contributed by atoms with Crippen LogP contribution in [0.4, 0.5) is 5.69 Å². The predicted octanol–water partition coefficient (Wildman–Crippen LogP) is 0.507. The smallest absolute Gasteiger partial charge is 0.259 e. The summed E-state index contributed by atoms with van der Waals surface area (Å²) in [5, 5.41) is 7.86. The van der Waals surface area contributed by atoms with Gasteiger partial charge in [-0.25, -0.2) is 0 Å². The number of amides is 3. The minimum atomic E-state index is -0.434. The molecule has 0 saturated carbocycles. The van der Waals surface area contributed by atoms with E-state index in [4.69, 9.17) is 0 Å². The topological polar surface area (TPSA) is 87.3 Å². The molecule has 6 heteroatoms. The molecular formula is C13H15N3O3. The largest absolute Gasteiger partial charge is 0.325 e. The summed E-state index contributed by atoms with van der Waals surface area (Å²) in [7, 11) is 0. The lowest BCUT2D eigenvalue weighted by molar-refractivity contribution is -0.115.